The molecule has 1 aromatic heterocycles. The van der Waals surface area contributed by atoms with Gasteiger partial charge in [0.05, 0.1) is 12.0 Å². The van der Waals surface area contributed by atoms with Crippen molar-refractivity contribution in [3.63, 3.8) is 0 Å². The van der Waals surface area contributed by atoms with Crippen molar-refractivity contribution in [3.05, 3.63) is 99.3 Å². The average molecular weight is 571 g/mol. The Morgan fingerprint density at radius 2 is 1.68 bits per heavy atom. The number of aryl methyl sites for hydroxylation is 2. The Labute approximate surface area is 246 Å². The summed E-state index contributed by atoms with van der Waals surface area (Å²) in [4.78, 5) is 47.5. The Balaban J connectivity index is 1.72. The Hall–Kier alpha value is -3.75. The highest BCUT2D eigenvalue weighted by Crippen LogP contribution is 2.48. The normalized spacial score (nSPS) is 22.7. The summed E-state index contributed by atoms with van der Waals surface area (Å²) in [5.74, 6) is -1.28. The smallest absolute Gasteiger partial charge is 0.318 e. The average Bonchev–Trinajstić information content (AvgIpc) is 3.57. The molecular formula is C33H38N4O3S. The topological polar surface area (TPSA) is 81.8 Å². The van der Waals surface area contributed by atoms with Crippen molar-refractivity contribution in [1.29, 1.82) is 0 Å². The van der Waals surface area contributed by atoms with Crippen LogP contribution in [0, 0.1) is 19.8 Å². The van der Waals surface area contributed by atoms with Crippen LogP contribution in [0.1, 0.15) is 44.8 Å². The molecule has 7 nitrogen and oxygen atoms in total. The van der Waals surface area contributed by atoms with Gasteiger partial charge in [-0.15, -0.1) is 11.3 Å². The molecule has 214 valence electrons. The fourth-order valence-electron chi connectivity index (χ4n) is 6.16. The van der Waals surface area contributed by atoms with E-state index in [2.05, 4.69) is 10.6 Å². The van der Waals surface area contributed by atoms with Crippen molar-refractivity contribution < 1.29 is 14.4 Å². The number of likely N-dealkylation sites (tertiary alicyclic amines) is 1. The fourth-order valence-corrected chi connectivity index (χ4v) is 7.26. The van der Waals surface area contributed by atoms with E-state index >= 15 is 0 Å². The Bertz CT molecular complexity index is 1410. The molecule has 2 aromatic carbocycles. The predicted octanol–water partition coefficient (Wildman–Crippen LogP) is 4.88. The van der Waals surface area contributed by atoms with Gasteiger partial charge in [-0.1, -0.05) is 66.7 Å². The first-order valence-corrected chi connectivity index (χ1v) is 15.2. The largest absolute Gasteiger partial charge is 0.338 e. The molecule has 2 N–H and O–H groups in total. The number of hydrogen-bond donors (Lipinski definition) is 2. The number of carbonyl (C=O) groups is 3. The summed E-state index contributed by atoms with van der Waals surface area (Å²) >= 11 is 1.56. The van der Waals surface area contributed by atoms with Crippen molar-refractivity contribution >= 4 is 35.1 Å². The van der Waals surface area contributed by atoms with Gasteiger partial charge in [-0.2, -0.15) is 0 Å². The molecule has 2 aliphatic rings. The van der Waals surface area contributed by atoms with Crippen LogP contribution in [0.4, 0.5) is 4.79 Å². The third kappa shape index (κ3) is 5.85. The van der Waals surface area contributed by atoms with Crippen LogP contribution in [-0.2, 0) is 4.79 Å². The van der Waals surface area contributed by atoms with Crippen LogP contribution >= 0.6 is 11.3 Å². The molecular weight excluding hydrogens is 532 g/mol. The molecule has 0 radical (unpaired) electrons. The summed E-state index contributed by atoms with van der Waals surface area (Å²) in [5, 5.41) is 8.28. The SMILES string of the molecule is CCNC(=O)N1C(C=Cc2ccccc2)C(C(=O)c2ccccc2C)C(c2sccc2C)C1C(=O)N1CCNCC1. The zero-order valence-electron chi connectivity index (χ0n) is 23.9. The second-order valence-electron chi connectivity index (χ2n) is 10.7. The summed E-state index contributed by atoms with van der Waals surface area (Å²) in [6.45, 7) is 8.77. The lowest BCUT2D eigenvalue weighted by molar-refractivity contribution is -0.136. The van der Waals surface area contributed by atoms with Gasteiger partial charge >= 0.3 is 6.03 Å². The number of carbonyl (C=O) groups excluding carboxylic acids is 3. The minimum atomic E-state index is -0.819. The first-order chi connectivity index (χ1) is 19.9. The maximum Gasteiger partial charge on any atom is 0.318 e. The quantitative estimate of drug-likeness (QED) is 0.397. The first-order valence-electron chi connectivity index (χ1n) is 14.3. The Kier molecular flexibility index (Phi) is 9.00. The van der Waals surface area contributed by atoms with Crippen LogP contribution in [0.3, 0.4) is 0 Å². The van der Waals surface area contributed by atoms with Gasteiger partial charge in [0.1, 0.15) is 6.04 Å². The van der Waals surface area contributed by atoms with Gasteiger partial charge in [-0.05, 0) is 48.9 Å². The van der Waals surface area contributed by atoms with Crippen molar-refractivity contribution in [2.45, 2.75) is 38.8 Å². The molecule has 2 fully saturated rings. The molecule has 5 rings (SSSR count). The summed E-state index contributed by atoms with van der Waals surface area (Å²) in [5.41, 5.74) is 3.50. The van der Waals surface area contributed by atoms with Gasteiger partial charge in [0.25, 0.3) is 0 Å². The molecule has 0 aliphatic carbocycles. The summed E-state index contributed by atoms with van der Waals surface area (Å²) in [6, 6.07) is 17.7. The highest BCUT2D eigenvalue weighted by atomic mass is 32.1. The lowest BCUT2D eigenvalue weighted by atomic mass is 9.78. The van der Waals surface area contributed by atoms with Crippen molar-refractivity contribution in [2.24, 2.45) is 5.92 Å². The van der Waals surface area contributed by atoms with E-state index in [0.717, 1.165) is 21.6 Å². The highest BCUT2D eigenvalue weighted by molar-refractivity contribution is 7.10. The van der Waals surface area contributed by atoms with Gasteiger partial charge < -0.3 is 20.4 Å². The molecule has 41 heavy (non-hydrogen) atoms. The predicted molar refractivity (Wildman–Crippen MR) is 164 cm³/mol. The molecule has 3 amide bonds. The van der Waals surface area contributed by atoms with Crippen molar-refractivity contribution in [1.82, 2.24) is 20.4 Å². The lowest BCUT2D eigenvalue weighted by Gasteiger charge is -2.35. The van der Waals surface area contributed by atoms with E-state index in [4.69, 9.17) is 0 Å². The lowest BCUT2D eigenvalue weighted by Crippen LogP contribution is -2.57. The molecule has 0 saturated carbocycles. The van der Waals surface area contributed by atoms with E-state index in [1.807, 2.05) is 104 Å². The number of nitrogens with one attached hydrogen (secondary N) is 2. The summed E-state index contributed by atoms with van der Waals surface area (Å²) < 4.78 is 0. The summed E-state index contributed by atoms with van der Waals surface area (Å²) in [6.07, 6.45) is 3.91. The van der Waals surface area contributed by atoms with E-state index in [1.165, 1.54) is 0 Å². The zero-order chi connectivity index (χ0) is 28.9. The number of amides is 3. The van der Waals surface area contributed by atoms with E-state index in [9.17, 15) is 14.4 Å². The molecule has 0 bridgehead atoms. The van der Waals surface area contributed by atoms with Crippen molar-refractivity contribution in [2.75, 3.05) is 32.7 Å². The maximum atomic E-state index is 14.7. The minimum Gasteiger partial charge on any atom is -0.338 e. The molecule has 3 aromatic rings. The second kappa shape index (κ2) is 12.8. The van der Waals surface area contributed by atoms with Gasteiger partial charge in [-0.25, -0.2) is 4.79 Å². The highest BCUT2D eigenvalue weighted by Gasteiger charge is 2.57. The van der Waals surface area contributed by atoms with Crippen LogP contribution in [0.2, 0.25) is 0 Å². The Morgan fingerprint density at radius 3 is 2.34 bits per heavy atom. The van der Waals surface area contributed by atoms with Gasteiger partial charge in [0.15, 0.2) is 5.78 Å². The number of rotatable bonds is 7. The number of urea groups is 1. The zero-order valence-corrected chi connectivity index (χ0v) is 24.7. The second-order valence-corrected chi connectivity index (χ2v) is 11.7. The number of ketones is 1. The monoisotopic (exact) mass is 570 g/mol. The number of nitrogens with zero attached hydrogens (tertiary/aromatic N) is 2. The number of hydrogen-bond acceptors (Lipinski definition) is 5. The fraction of sp³-hybridized carbons (Fsp3) is 0.364. The molecule has 2 aliphatic heterocycles. The van der Waals surface area contributed by atoms with E-state index < -0.39 is 23.9 Å². The molecule has 4 atom stereocenters. The summed E-state index contributed by atoms with van der Waals surface area (Å²) in [7, 11) is 0. The molecule has 4 unspecified atom stereocenters. The molecule has 0 spiro atoms. The van der Waals surface area contributed by atoms with Gasteiger partial charge in [0, 0.05) is 49.1 Å². The van der Waals surface area contributed by atoms with Crippen LogP contribution < -0.4 is 10.6 Å². The van der Waals surface area contributed by atoms with E-state index in [1.54, 1.807) is 16.2 Å². The minimum absolute atomic E-state index is 0.0477. The van der Waals surface area contributed by atoms with Crippen LogP contribution in [0.15, 0.2) is 72.1 Å². The molecule has 8 heteroatoms. The number of thiophene rings is 1. The number of Topliss-reactive ketones (excluding diaryl/α,β-unsaturated/α-hetero) is 1. The van der Waals surface area contributed by atoms with Crippen LogP contribution in [0.5, 0.6) is 0 Å². The third-order valence-corrected chi connectivity index (χ3v) is 9.28. The van der Waals surface area contributed by atoms with Crippen molar-refractivity contribution in [3.8, 4) is 0 Å². The van der Waals surface area contributed by atoms with Crippen LogP contribution in [-0.4, -0.2) is 72.3 Å². The molecule has 3 heterocycles. The van der Waals surface area contributed by atoms with E-state index in [-0.39, 0.29) is 17.7 Å². The number of piperazine rings is 1. The standard InChI is InChI=1S/C33H38N4O3S/c1-4-35-33(40)37-26(15-14-24-11-6-5-7-12-24)27(30(38)25-13-9-8-10-22(25)2)28(31-23(3)16-21-41-31)29(37)32(39)36-19-17-34-18-20-36/h5-16,21,26-29,34H,4,17-20H2,1-3H3,(H,35,40). The van der Waals surface area contributed by atoms with E-state index in [0.29, 0.717) is 38.3 Å². The Morgan fingerprint density at radius 1 is 0.976 bits per heavy atom. The third-order valence-electron chi connectivity index (χ3n) is 8.16. The maximum absolute atomic E-state index is 14.7. The van der Waals surface area contributed by atoms with Gasteiger partial charge in [0.2, 0.25) is 5.91 Å². The van der Waals surface area contributed by atoms with Gasteiger partial charge in [-0.3, -0.25) is 9.59 Å². The number of benzene rings is 2. The van der Waals surface area contributed by atoms with Crippen LogP contribution in [0.25, 0.3) is 6.08 Å². The molecule has 2 saturated heterocycles. The first kappa shape index (κ1) is 28.8.